The van der Waals surface area contributed by atoms with Gasteiger partial charge in [-0.25, -0.2) is 0 Å². The second kappa shape index (κ2) is 4.51. The van der Waals surface area contributed by atoms with Crippen molar-refractivity contribution in [3.63, 3.8) is 0 Å². The number of nitrogens with zero attached hydrogens (tertiary/aromatic N) is 1. The Morgan fingerprint density at radius 1 is 0.944 bits per heavy atom. The predicted molar refractivity (Wildman–Crippen MR) is 79.9 cm³/mol. The molecule has 0 radical (unpaired) electrons. The van der Waals surface area contributed by atoms with Crippen LogP contribution in [0.4, 0.5) is 0 Å². The van der Waals surface area contributed by atoms with E-state index >= 15 is 0 Å². The summed E-state index contributed by atoms with van der Waals surface area (Å²) in [6.07, 6.45) is 10.0. The van der Waals surface area contributed by atoms with Gasteiger partial charge in [-0.3, -0.25) is 4.90 Å². The summed E-state index contributed by atoms with van der Waals surface area (Å²) < 4.78 is 0. The zero-order valence-corrected chi connectivity index (χ0v) is 13.5. The molecule has 1 unspecified atom stereocenters. The molecule has 1 saturated carbocycles. The van der Waals surface area contributed by atoms with Crippen LogP contribution in [-0.2, 0) is 0 Å². The molecule has 0 aromatic heterocycles. The van der Waals surface area contributed by atoms with Crippen LogP contribution in [0.25, 0.3) is 0 Å². The minimum Gasteiger partial charge on any atom is -0.290 e. The minimum absolute atomic E-state index is 0.330. The topological polar surface area (TPSA) is 3.24 Å². The molecule has 18 heavy (non-hydrogen) atoms. The zero-order chi connectivity index (χ0) is 13.6. The summed E-state index contributed by atoms with van der Waals surface area (Å²) in [4.78, 5) is 2.93. The largest absolute Gasteiger partial charge is 0.290 e. The molecule has 0 N–H and O–H groups in total. The maximum Gasteiger partial charge on any atom is 0.0217 e. The van der Waals surface area contributed by atoms with Gasteiger partial charge >= 0.3 is 0 Å². The van der Waals surface area contributed by atoms with Crippen LogP contribution in [0.2, 0.25) is 0 Å². The van der Waals surface area contributed by atoms with Crippen molar-refractivity contribution < 1.29 is 0 Å². The van der Waals surface area contributed by atoms with Crippen molar-refractivity contribution in [1.29, 1.82) is 0 Å². The van der Waals surface area contributed by atoms with Crippen molar-refractivity contribution in [2.45, 2.75) is 104 Å². The van der Waals surface area contributed by atoms with Gasteiger partial charge in [0, 0.05) is 17.1 Å². The maximum absolute atomic E-state index is 2.93. The fourth-order valence-electron chi connectivity index (χ4n) is 4.54. The van der Waals surface area contributed by atoms with Gasteiger partial charge in [-0.05, 0) is 64.7 Å². The molecule has 1 heteroatoms. The van der Waals surface area contributed by atoms with Crippen LogP contribution >= 0.6 is 0 Å². The summed E-state index contributed by atoms with van der Waals surface area (Å²) in [5.74, 6) is 0. The quantitative estimate of drug-likeness (QED) is 0.634. The van der Waals surface area contributed by atoms with Crippen LogP contribution in [0.1, 0.15) is 86.5 Å². The Morgan fingerprint density at radius 2 is 1.50 bits per heavy atom. The fourth-order valence-corrected chi connectivity index (χ4v) is 4.54. The Hall–Kier alpha value is -0.0400. The van der Waals surface area contributed by atoms with Crippen LogP contribution in [0.5, 0.6) is 0 Å². The third kappa shape index (κ3) is 2.76. The highest BCUT2D eigenvalue weighted by atomic mass is 15.3. The molecule has 1 nitrogen and oxygen atoms in total. The highest BCUT2D eigenvalue weighted by Crippen LogP contribution is 2.50. The van der Waals surface area contributed by atoms with Crippen molar-refractivity contribution in [2.24, 2.45) is 5.41 Å². The Labute approximate surface area is 114 Å². The molecule has 1 aliphatic carbocycles. The summed E-state index contributed by atoms with van der Waals surface area (Å²) in [5.41, 5.74) is 1.36. The molecule has 0 bridgehead atoms. The van der Waals surface area contributed by atoms with Gasteiger partial charge < -0.3 is 0 Å². The van der Waals surface area contributed by atoms with Gasteiger partial charge in [0.15, 0.2) is 0 Å². The van der Waals surface area contributed by atoms with Gasteiger partial charge in [0.05, 0.1) is 0 Å². The van der Waals surface area contributed by atoms with Crippen LogP contribution in [0, 0.1) is 5.41 Å². The van der Waals surface area contributed by atoms with E-state index in [0.717, 1.165) is 6.04 Å². The number of hydrogen-bond acceptors (Lipinski definition) is 1. The van der Waals surface area contributed by atoms with E-state index in [1.807, 2.05) is 0 Å². The summed E-state index contributed by atoms with van der Waals surface area (Å²) in [6.45, 7) is 14.5. The van der Waals surface area contributed by atoms with Gasteiger partial charge in [-0.2, -0.15) is 0 Å². The highest BCUT2D eigenvalue weighted by molar-refractivity contribution is 5.07. The molecule has 2 aliphatic rings. The van der Waals surface area contributed by atoms with Crippen molar-refractivity contribution >= 4 is 0 Å². The first-order chi connectivity index (χ1) is 8.14. The normalized spacial score (nSPS) is 29.3. The molecule has 1 spiro atoms. The molecule has 1 atom stereocenters. The predicted octanol–water partition coefficient (Wildman–Crippen LogP) is 5.00. The Balaban J connectivity index is 2.22. The van der Waals surface area contributed by atoms with Crippen molar-refractivity contribution in [3.8, 4) is 0 Å². The van der Waals surface area contributed by atoms with E-state index in [-0.39, 0.29) is 0 Å². The van der Waals surface area contributed by atoms with Gasteiger partial charge in [0.1, 0.15) is 0 Å². The Bertz CT molecular complexity index is 288. The molecule has 0 aromatic rings. The monoisotopic (exact) mass is 251 g/mol. The summed E-state index contributed by atoms with van der Waals surface area (Å²) in [7, 11) is 0. The molecule has 1 heterocycles. The molecule has 2 fully saturated rings. The lowest BCUT2D eigenvalue weighted by Crippen LogP contribution is -2.66. The second-order valence-electron chi connectivity index (χ2n) is 8.93. The van der Waals surface area contributed by atoms with E-state index in [9.17, 15) is 0 Å². The first-order valence-corrected chi connectivity index (χ1v) is 7.94. The van der Waals surface area contributed by atoms with Crippen LogP contribution in [-0.4, -0.2) is 22.0 Å². The smallest absolute Gasteiger partial charge is 0.0217 e. The van der Waals surface area contributed by atoms with E-state index in [1.54, 1.807) is 0 Å². The minimum atomic E-state index is 0.330. The average molecular weight is 251 g/mol. The molecular weight excluding hydrogens is 218 g/mol. The number of likely N-dealkylation sites (tertiary alicyclic amines) is 1. The van der Waals surface area contributed by atoms with Crippen LogP contribution in [0.15, 0.2) is 0 Å². The molecule has 1 aliphatic heterocycles. The molecule has 0 aromatic carbocycles. The first-order valence-electron chi connectivity index (χ1n) is 7.94. The van der Waals surface area contributed by atoms with E-state index in [0.29, 0.717) is 16.5 Å². The first kappa shape index (κ1) is 14.4. The van der Waals surface area contributed by atoms with Gasteiger partial charge in [0.25, 0.3) is 0 Å². The summed E-state index contributed by atoms with van der Waals surface area (Å²) in [6, 6.07) is 0.805. The van der Waals surface area contributed by atoms with Crippen molar-refractivity contribution in [1.82, 2.24) is 4.90 Å². The number of piperidine rings is 1. The highest BCUT2D eigenvalue weighted by Gasteiger charge is 2.51. The van der Waals surface area contributed by atoms with Gasteiger partial charge in [-0.15, -0.1) is 0 Å². The van der Waals surface area contributed by atoms with Gasteiger partial charge in [-0.1, -0.05) is 27.2 Å². The maximum atomic E-state index is 2.93. The lowest BCUT2D eigenvalue weighted by atomic mass is 9.65. The lowest BCUT2D eigenvalue weighted by Gasteiger charge is -2.62. The standard InChI is InChI=1S/C17H33N/c1-15(2,3)13-14-9-7-10-17(11-8-12-17)18(14)16(4,5)6/h14H,7-13H2,1-6H3. The van der Waals surface area contributed by atoms with Crippen LogP contribution < -0.4 is 0 Å². The average Bonchev–Trinajstić information content (AvgIpc) is 2.10. The molecule has 1 saturated heterocycles. The van der Waals surface area contributed by atoms with Crippen LogP contribution in [0.3, 0.4) is 0 Å². The summed E-state index contributed by atoms with van der Waals surface area (Å²) in [5, 5.41) is 0. The summed E-state index contributed by atoms with van der Waals surface area (Å²) >= 11 is 0. The molecule has 106 valence electrons. The van der Waals surface area contributed by atoms with E-state index < -0.39 is 0 Å². The van der Waals surface area contributed by atoms with Crippen molar-refractivity contribution in [3.05, 3.63) is 0 Å². The van der Waals surface area contributed by atoms with E-state index in [4.69, 9.17) is 0 Å². The Morgan fingerprint density at radius 3 is 1.89 bits per heavy atom. The third-order valence-electron chi connectivity index (χ3n) is 4.91. The molecule has 2 rings (SSSR count). The Kier molecular flexibility index (Phi) is 3.60. The van der Waals surface area contributed by atoms with E-state index in [1.165, 1.54) is 44.9 Å². The number of hydrogen-bond donors (Lipinski definition) is 0. The van der Waals surface area contributed by atoms with Crippen molar-refractivity contribution in [2.75, 3.05) is 0 Å². The SMILES string of the molecule is CC(C)(C)CC1CCCC2(CCC2)N1C(C)(C)C. The van der Waals surface area contributed by atoms with Gasteiger partial charge in [0.2, 0.25) is 0 Å². The van der Waals surface area contributed by atoms with E-state index in [2.05, 4.69) is 46.4 Å². The molecular formula is C17H33N. The zero-order valence-electron chi connectivity index (χ0n) is 13.5. The third-order valence-corrected chi connectivity index (χ3v) is 4.91. The molecule has 0 amide bonds. The fraction of sp³-hybridized carbons (Fsp3) is 1.00. The number of rotatable bonds is 1. The lowest BCUT2D eigenvalue weighted by molar-refractivity contribution is -0.115. The second-order valence-corrected chi connectivity index (χ2v) is 8.93.